The lowest BCUT2D eigenvalue weighted by Crippen LogP contribution is -2.28. The van der Waals surface area contributed by atoms with E-state index >= 15 is 0 Å². The summed E-state index contributed by atoms with van der Waals surface area (Å²) < 4.78 is 22.8. The molecule has 1 unspecified atom stereocenters. The summed E-state index contributed by atoms with van der Waals surface area (Å²) in [4.78, 5) is 11.7. The van der Waals surface area contributed by atoms with Gasteiger partial charge in [0.2, 0.25) is 10.0 Å². The zero-order valence-corrected chi connectivity index (χ0v) is 13.4. The molecule has 5 nitrogen and oxygen atoms in total. The molecule has 0 heterocycles. The molecule has 3 N–H and O–H groups in total. The number of nitrogens with one attached hydrogen (secondary N) is 1. The first-order chi connectivity index (χ1) is 9.16. The molecular formula is C12H16Cl2N2O3S. The number of carbonyl (C=O) groups excluding carboxylic acids is 1. The lowest BCUT2D eigenvalue weighted by Gasteiger charge is -2.12. The van der Waals surface area contributed by atoms with Crippen molar-refractivity contribution in [2.75, 3.05) is 6.54 Å². The minimum absolute atomic E-state index is 0.00788. The smallest absolute Gasteiger partial charge is 0.252 e. The van der Waals surface area contributed by atoms with Crippen LogP contribution in [0.3, 0.4) is 0 Å². The lowest BCUT2D eigenvalue weighted by molar-refractivity contribution is 0.0948. The number of sulfonamides is 1. The van der Waals surface area contributed by atoms with Gasteiger partial charge in [-0.15, -0.1) is 0 Å². The van der Waals surface area contributed by atoms with E-state index in [1.54, 1.807) is 0 Å². The molecule has 1 amide bonds. The molecule has 0 aliphatic carbocycles. The van der Waals surface area contributed by atoms with Crippen LogP contribution in [-0.4, -0.2) is 20.9 Å². The molecule has 1 atom stereocenters. The second-order valence-electron chi connectivity index (χ2n) is 4.53. The third-order valence-electron chi connectivity index (χ3n) is 2.86. The van der Waals surface area contributed by atoms with Gasteiger partial charge < -0.3 is 5.32 Å². The van der Waals surface area contributed by atoms with E-state index in [0.717, 1.165) is 12.5 Å². The van der Waals surface area contributed by atoms with Crippen LogP contribution in [0.25, 0.3) is 0 Å². The van der Waals surface area contributed by atoms with Crippen molar-refractivity contribution in [2.24, 2.45) is 11.1 Å². The van der Waals surface area contributed by atoms with Gasteiger partial charge in [-0.1, -0.05) is 43.5 Å². The van der Waals surface area contributed by atoms with Gasteiger partial charge in [-0.25, -0.2) is 13.6 Å². The van der Waals surface area contributed by atoms with Gasteiger partial charge in [0, 0.05) is 11.6 Å². The maximum absolute atomic E-state index is 12.0. The first-order valence-corrected chi connectivity index (χ1v) is 8.27. The molecule has 112 valence electrons. The van der Waals surface area contributed by atoms with Crippen LogP contribution in [0.1, 0.15) is 30.6 Å². The lowest BCUT2D eigenvalue weighted by atomic mass is 10.1. The topological polar surface area (TPSA) is 89.3 Å². The molecule has 0 aliphatic heterocycles. The molecule has 1 aromatic rings. The Bertz CT molecular complexity index is 617. The number of nitrogens with two attached hydrogens (primary N) is 1. The molecule has 0 spiro atoms. The number of amides is 1. The van der Waals surface area contributed by atoms with Crippen LogP contribution in [0.4, 0.5) is 0 Å². The van der Waals surface area contributed by atoms with Crippen LogP contribution >= 0.6 is 23.2 Å². The Morgan fingerprint density at radius 3 is 2.50 bits per heavy atom. The summed E-state index contributed by atoms with van der Waals surface area (Å²) in [5.41, 5.74) is -0.00788. The summed E-state index contributed by atoms with van der Waals surface area (Å²) in [5, 5.41) is 7.57. The van der Waals surface area contributed by atoms with E-state index in [2.05, 4.69) is 5.32 Å². The van der Waals surface area contributed by atoms with Gasteiger partial charge in [0.15, 0.2) is 0 Å². The summed E-state index contributed by atoms with van der Waals surface area (Å²) in [6.07, 6.45) is 0.909. The van der Waals surface area contributed by atoms with Gasteiger partial charge >= 0.3 is 0 Å². The van der Waals surface area contributed by atoms with E-state index in [9.17, 15) is 13.2 Å². The Kier molecular flexibility index (Phi) is 5.82. The number of hydrogen-bond acceptors (Lipinski definition) is 3. The van der Waals surface area contributed by atoms with Crippen LogP contribution in [0, 0.1) is 5.92 Å². The second kappa shape index (κ2) is 6.76. The Morgan fingerprint density at radius 2 is 2.00 bits per heavy atom. The third kappa shape index (κ3) is 4.34. The highest BCUT2D eigenvalue weighted by Gasteiger charge is 2.21. The second-order valence-corrected chi connectivity index (χ2v) is 6.88. The van der Waals surface area contributed by atoms with Crippen LogP contribution < -0.4 is 10.5 Å². The molecule has 0 aliphatic rings. The van der Waals surface area contributed by atoms with Gasteiger partial charge in [0.25, 0.3) is 5.91 Å². The molecule has 1 rings (SSSR count). The number of carbonyl (C=O) groups is 1. The highest BCUT2D eigenvalue weighted by molar-refractivity contribution is 7.89. The van der Waals surface area contributed by atoms with Gasteiger partial charge in [-0.2, -0.15) is 0 Å². The monoisotopic (exact) mass is 338 g/mol. The summed E-state index contributed by atoms with van der Waals surface area (Å²) in [6.45, 7) is 4.45. The SMILES string of the molecule is CCC(C)CNC(=O)c1cc(Cl)cc(S(N)(=O)=O)c1Cl. The Labute approximate surface area is 128 Å². The molecule has 0 radical (unpaired) electrons. The van der Waals surface area contributed by atoms with Crippen molar-refractivity contribution in [3.63, 3.8) is 0 Å². The normalized spacial score (nSPS) is 13.1. The van der Waals surface area contributed by atoms with E-state index < -0.39 is 15.9 Å². The van der Waals surface area contributed by atoms with Crippen molar-refractivity contribution in [1.29, 1.82) is 0 Å². The van der Waals surface area contributed by atoms with Crippen LogP contribution in [0.2, 0.25) is 10.0 Å². The highest BCUT2D eigenvalue weighted by atomic mass is 35.5. The van der Waals surface area contributed by atoms with Crippen molar-refractivity contribution in [2.45, 2.75) is 25.2 Å². The third-order valence-corrected chi connectivity index (χ3v) is 4.54. The quantitative estimate of drug-likeness (QED) is 0.863. The number of primary sulfonamides is 1. The predicted molar refractivity (Wildman–Crippen MR) is 79.6 cm³/mol. The number of halogens is 2. The average molecular weight is 339 g/mol. The van der Waals surface area contributed by atoms with E-state index in [0.29, 0.717) is 12.5 Å². The summed E-state index contributed by atoms with van der Waals surface area (Å²) in [7, 11) is -4.04. The highest BCUT2D eigenvalue weighted by Crippen LogP contribution is 2.28. The molecule has 0 fully saturated rings. The van der Waals surface area contributed by atoms with Gasteiger partial charge in [-0.05, 0) is 18.1 Å². The largest absolute Gasteiger partial charge is 0.352 e. The zero-order valence-electron chi connectivity index (χ0n) is 11.1. The maximum atomic E-state index is 12.0. The van der Waals surface area contributed by atoms with E-state index in [-0.39, 0.29) is 20.5 Å². The molecule has 20 heavy (non-hydrogen) atoms. The minimum Gasteiger partial charge on any atom is -0.352 e. The van der Waals surface area contributed by atoms with Crippen molar-refractivity contribution >= 4 is 39.1 Å². The van der Waals surface area contributed by atoms with E-state index in [1.165, 1.54) is 6.07 Å². The van der Waals surface area contributed by atoms with Crippen molar-refractivity contribution in [1.82, 2.24) is 5.32 Å². The van der Waals surface area contributed by atoms with Crippen LogP contribution in [0.5, 0.6) is 0 Å². The number of rotatable bonds is 5. The summed E-state index contributed by atoms with van der Waals surface area (Å²) in [6, 6.07) is 2.43. The van der Waals surface area contributed by atoms with E-state index in [1.807, 2.05) is 13.8 Å². The van der Waals surface area contributed by atoms with Crippen molar-refractivity contribution < 1.29 is 13.2 Å². The van der Waals surface area contributed by atoms with Crippen molar-refractivity contribution in [3.8, 4) is 0 Å². The first-order valence-electron chi connectivity index (χ1n) is 5.96. The summed E-state index contributed by atoms with van der Waals surface area (Å²) >= 11 is 11.7. The standard InChI is InChI=1S/C12H16Cl2N2O3S/c1-3-7(2)6-16-12(17)9-4-8(13)5-10(11(9)14)20(15,18)19/h4-5,7H,3,6H2,1-2H3,(H,16,17)(H2,15,18,19). The fourth-order valence-electron chi connectivity index (χ4n) is 1.44. The van der Waals surface area contributed by atoms with Crippen molar-refractivity contribution in [3.05, 3.63) is 27.7 Å². The van der Waals surface area contributed by atoms with Crippen LogP contribution in [-0.2, 0) is 10.0 Å². The number of benzene rings is 1. The van der Waals surface area contributed by atoms with E-state index in [4.69, 9.17) is 28.3 Å². The molecule has 0 saturated heterocycles. The predicted octanol–water partition coefficient (Wildman–Crippen LogP) is 2.42. The summed E-state index contributed by atoms with van der Waals surface area (Å²) in [5.74, 6) is -0.183. The average Bonchev–Trinajstić information content (AvgIpc) is 2.36. The molecule has 0 aromatic heterocycles. The Balaban J connectivity index is 3.13. The number of hydrogen-bond donors (Lipinski definition) is 2. The maximum Gasteiger partial charge on any atom is 0.252 e. The van der Waals surface area contributed by atoms with Crippen LogP contribution in [0.15, 0.2) is 17.0 Å². The molecule has 0 saturated carbocycles. The first kappa shape index (κ1) is 17.2. The fraction of sp³-hybridized carbons (Fsp3) is 0.417. The molecule has 8 heteroatoms. The molecular weight excluding hydrogens is 323 g/mol. The molecule has 1 aromatic carbocycles. The van der Waals surface area contributed by atoms with Gasteiger partial charge in [-0.3, -0.25) is 4.79 Å². The Morgan fingerprint density at radius 1 is 1.40 bits per heavy atom. The Hall–Kier alpha value is -0.820. The fourth-order valence-corrected chi connectivity index (χ4v) is 2.89. The van der Waals surface area contributed by atoms with Gasteiger partial charge in [0.1, 0.15) is 4.90 Å². The molecule has 0 bridgehead atoms. The van der Waals surface area contributed by atoms with Gasteiger partial charge in [0.05, 0.1) is 10.6 Å². The minimum atomic E-state index is -4.04. The zero-order chi connectivity index (χ0) is 15.5.